The Balaban J connectivity index is 0.000000994. The molecular weight excluding hydrogens is 371 g/mol. The van der Waals surface area contributed by atoms with E-state index in [0.717, 1.165) is 44.4 Å². The van der Waals surface area contributed by atoms with Gasteiger partial charge < -0.3 is 5.32 Å². The molecule has 0 spiro atoms. The van der Waals surface area contributed by atoms with E-state index in [4.69, 9.17) is 0 Å². The van der Waals surface area contributed by atoms with Crippen molar-refractivity contribution in [1.82, 2.24) is 19.8 Å². The van der Waals surface area contributed by atoms with E-state index in [9.17, 15) is 14.0 Å². The number of piperazine rings is 1. The van der Waals surface area contributed by atoms with Gasteiger partial charge in [0.1, 0.15) is 5.82 Å². The maximum absolute atomic E-state index is 13.5. The minimum atomic E-state index is -0.509. The summed E-state index contributed by atoms with van der Waals surface area (Å²) in [6.07, 6.45) is 0. The van der Waals surface area contributed by atoms with Gasteiger partial charge in [-0.1, -0.05) is 19.9 Å². The van der Waals surface area contributed by atoms with Gasteiger partial charge in [0.15, 0.2) is 5.82 Å². The predicted molar refractivity (Wildman–Crippen MR) is 110 cm³/mol. The average molecular weight is 394 g/mol. The number of carbonyl (C=O) groups excluding carboxylic acids is 1. The molecule has 7 heteroatoms. The van der Waals surface area contributed by atoms with Crippen LogP contribution in [0.25, 0.3) is 16.6 Å². The van der Waals surface area contributed by atoms with Gasteiger partial charge in [-0.3, -0.25) is 19.1 Å². The Morgan fingerprint density at radius 2 is 1.83 bits per heavy atom. The first-order chi connectivity index (χ1) is 14.1. The van der Waals surface area contributed by atoms with E-state index in [0.29, 0.717) is 16.6 Å². The lowest BCUT2D eigenvalue weighted by atomic mass is 10.1. The molecule has 2 aliphatic heterocycles. The fraction of sp³-hybridized carbons (Fsp3) is 0.318. The maximum Gasteiger partial charge on any atom is 0.266 e. The third-order valence-electron chi connectivity index (χ3n) is 5.20. The van der Waals surface area contributed by atoms with Gasteiger partial charge in [0, 0.05) is 32.7 Å². The van der Waals surface area contributed by atoms with Crippen molar-refractivity contribution in [2.45, 2.75) is 20.4 Å². The molecule has 150 valence electrons. The molecule has 0 bridgehead atoms. The van der Waals surface area contributed by atoms with Crippen molar-refractivity contribution in [2.75, 3.05) is 26.2 Å². The average Bonchev–Trinajstić information content (AvgIpc) is 3.03. The summed E-state index contributed by atoms with van der Waals surface area (Å²) < 4.78 is 14.8. The number of hydrogen-bond donors (Lipinski definition) is 1. The summed E-state index contributed by atoms with van der Waals surface area (Å²) in [5.41, 5.74) is 1.79. The van der Waals surface area contributed by atoms with Gasteiger partial charge in [-0.15, -0.1) is 0 Å². The van der Waals surface area contributed by atoms with Crippen molar-refractivity contribution in [3.05, 3.63) is 69.5 Å². The Labute approximate surface area is 168 Å². The highest BCUT2D eigenvalue weighted by Gasteiger charge is 2.30. The smallest absolute Gasteiger partial charge is 0.266 e. The lowest BCUT2D eigenvalue weighted by molar-refractivity contribution is 0.103. The van der Waals surface area contributed by atoms with Crippen molar-refractivity contribution in [2.24, 2.45) is 0 Å². The first kappa shape index (κ1) is 19.4. The summed E-state index contributed by atoms with van der Waals surface area (Å²) in [4.78, 5) is 32.4. The van der Waals surface area contributed by atoms with Gasteiger partial charge in [-0.05, 0) is 35.9 Å². The molecule has 0 saturated carbocycles. The van der Waals surface area contributed by atoms with E-state index in [2.05, 4.69) is 15.2 Å². The van der Waals surface area contributed by atoms with Crippen LogP contribution in [0, 0.1) is 5.82 Å². The molecule has 6 nitrogen and oxygen atoms in total. The Bertz CT molecular complexity index is 1150. The fourth-order valence-corrected chi connectivity index (χ4v) is 3.84. The Morgan fingerprint density at radius 1 is 1.07 bits per heavy atom. The number of benzene rings is 2. The molecule has 0 aliphatic carbocycles. The third-order valence-corrected chi connectivity index (χ3v) is 5.20. The normalized spacial score (nSPS) is 15.6. The fourth-order valence-electron chi connectivity index (χ4n) is 3.84. The molecular formula is C22H23FN4O2. The van der Waals surface area contributed by atoms with Crippen molar-refractivity contribution in [3.8, 4) is 5.69 Å². The molecule has 2 aromatic carbocycles. The first-order valence-corrected chi connectivity index (χ1v) is 9.95. The molecule has 0 atom stereocenters. The van der Waals surface area contributed by atoms with Crippen LogP contribution in [0.2, 0.25) is 0 Å². The third kappa shape index (κ3) is 3.36. The number of carbonyl (C=O) groups is 1. The van der Waals surface area contributed by atoms with Gasteiger partial charge in [-0.2, -0.15) is 0 Å². The predicted octanol–water partition coefficient (Wildman–Crippen LogP) is 2.50. The Morgan fingerprint density at radius 3 is 2.59 bits per heavy atom. The minimum absolute atomic E-state index is 0.0444. The van der Waals surface area contributed by atoms with E-state index in [1.54, 1.807) is 6.07 Å². The lowest BCUT2D eigenvalue weighted by Gasteiger charge is -2.27. The minimum Gasteiger partial charge on any atom is -0.314 e. The molecule has 0 unspecified atom stereocenters. The summed E-state index contributed by atoms with van der Waals surface area (Å²) in [7, 11) is 0. The van der Waals surface area contributed by atoms with Crippen LogP contribution in [-0.2, 0) is 6.54 Å². The van der Waals surface area contributed by atoms with Crippen LogP contribution in [0.5, 0.6) is 0 Å². The monoisotopic (exact) mass is 394 g/mol. The topological polar surface area (TPSA) is 67.2 Å². The van der Waals surface area contributed by atoms with Crippen molar-refractivity contribution < 1.29 is 9.18 Å². The summed E-state index contributed by atoms with van der Waals surface area (Å²) in [6, 6.07) is 9.45. The maximum atomic E-state index is 13.5. The Kier molecular flexibility index (Phi) is 5.25. The molecule has 5 rings (SSSR count). The standard InChI is InChI=1S/C20H17FN4O2.C2H6/c21-13-2-4-17-15(10-13)18(26)19-23-16-3-1-12(9-14(16)20(27)25(17)19)11-24-7-5-22-6-8-24;1-2/h1-4,9-10,22H,5-8,11H2;1-2H3. The van der Waals surface area contributed by atoms with Gasteiger partial charge in [0.05, 0.1) is 22.2 Å². The number of halogens is 1. The number of nitrogens with zero attached hydrogens (tertiary/aromatic N) is 3. The van der Waals surface area contributed by atoms with Crippen LogP contribution in [0.1, 0.15) is 35.6 Å². The Hall–Kier alpha value is -2.90. The molecule has 2 aliphatic rings. The van der Waals surface area contributed by atoms with Crippen LogP contribution >= 0.6 is 0 Å². The molecule has 0 radical (unpaired) electrons. The number of ketones is 1. The van der Waals surface area contributed by atoms with Crippen molar-refractivity contribution in [1.29, 1.82) is 0 Å². The first-order valence-electron chi connectivity index (χ1n) is 9.95. The van der Waals surface area contributed by atoms with Crippen LogP contribution in [0.15, 0.2) is 41.2 Å². The summed E-state index contributed by atoms with van der Waals surface area (Å²) in [5.74, 6) is -0.887. The van der Waals surface area contributed by atoms with E-state index in [-0.39, 0.29) is 16.9 Å². The number of aromatic nitrogens is 2. The number of nitrogens with one attached hydrogen (secondary N) is 1. The van der Waals surface area contributed by atoms with E-state index in [1.165, 1.54) is 16.7 Å². The second kappa shape index (κ2) is 7.85. The van der Waals surface area contributed by atoms with Gasteiger partial charge >= 0.3 is 0 Å². The molecule has 3 heterocycles. The van der Waals surface area contributed by atoms with Crippen LogP contribution < -0.4 is 10.9 Å². The number of rotatable bonds is 2. The second-order valence-electron chi connectivity index (χ2n) is 6.94. The molecule has 1 saturated heterocycles. The quantitative estimate of drug-likeness (QED) is 0.566. The van der Waals surface area contributed by atoms with E-state index in [1.807, 2.05) is 26.0 Å². The summed E-state index contributed by atoms with van der Waals surface area (Å²) >= 11 is 0. The lowest BCUT2D eigenvalue weighted by Crippen LogP contribution is -2.42. The van der Waals surface area contributed by atoms with Crippen molar-refractivity contribution >= 4 is 16.7 Å². The molecule has 0 amide bonds. The molecule has 1 aromatic heterocycles. The zero-order valence-electron chi connectivity index (χ0n) is 16.5. The highest BCUT2D eigenvalue weighted by Crippen LogP contribution is 2.27. The van der Waals surface area contributed by atoms with Crippen LogP contribution in [-0.4, -0.2) is 46.4 Å². The zero-order valence-corrected chi connectivity index (χ0v) is 16.5. The van der Waals surface area contributed by atoms with Gasteiger partial charge in [0.2, 0.25) is 5.78 Å². The highest BCUT2D eigenvalue weighted by molar-refractivity contribution is 6.13. The van der Waals surface area contributed by atoms with Crippen LogP contribution in [0.4, 0.5) is 4.39 Å². The van der Waals surface area contributed by atoms with E-state index >= 15 is 0 Å². The zero-order chi connectivity index (χ0) is 20.5. The van der Waals surface area contributed by atoms with E-state index < -0.39 is 11.6 Å². The molecule has 1 N–H and O–H groups in total. The molecule has 29 heavy (non-hydrogen) atoms. The SMILES string of the molecule is CC.O=C1c2cc(F)ccc2-n2c1nc1ccc(CN3CCNCC3)cc1c2=O. The largest absolute Gasteiger partial charge is 0.314 e. The summed E-state index contributed by atoms with van der Waals surface area (Å²) in [5, 5.41) is 3.79. The van der Waals surface area contributed by atoms with Gasteiger partial charge in [0.25, 0.3) is 5.56 Å². The highest BCUT2D eigenvalue weighted by atomic mass is 19.1. The summed E-state index contributed by atoms with van der Waals surface area (Å²) in [6.45, 7) is 8.61. The number of fused-ring (bicyclic) bond motifs is 4. The molecule has 1 fully saturated rings. The van der Waals surface area contributed by atoms with Gasteiger partial charge in [-0.25, -0.2) is 9.37 Å². The number of hydrogen-bond acceptors (Lipinski definition) is 5. The second-order valence-corrected chi connectivity index (χ2v) is 6.94. The van der Waals surface area contributed by atoms with Crippen molar-refractivity contribution in [3.63, 3.8) is 0 Å². The van der Waals surface area contributed by atoms with Crippen LogP contribution in [0.3, 0.4) is 0 Å². The molecule has 3 aromatic rings.